The Morgan fingerprint density at radius 3 is 2.41 bits per heavy atom. The standard InChI is InChI=1S/C17H20O10/c1-23-8-5-7-3-4-10(19)26-14(7)16(24-2)15(8)27-17-13(22)12(21)11(20)9(6-18)25-17/h3-5,9,11-13,17-18,20-22H,6H2,1-2H3/t9-,11-,12+,13-,17+/m1/s1. The van der Waals surface area contributed by atoms with Crippen molar-refractivity contribution in [2.45, 2.75) is 30.7 Å². The first-order valence-corrected chi connectivity index (χ1v) is 8.07. The molecule has 0 unspecified atom stereocenters. The summed E-state index contributed by atoms with van der Waals surface area (Å²) in [5, 5.41) is 39.7. The van der Waals surface area contributed by atoms with Gasteiger partial charge < -0.3 is 43.8 Å². The third-order valence-electron chi connectivity index (χ3n) is 4.29. The Balaban J connectivity index is 2.06. The SMILES string of the molecule is COc1cc2ccc(=O)oc2c(OC)c1O[C@@H]1O[C@H](CO)[C@@H](O)[C@H](O)[C@H]1O. The summed E-state index contributed by atoms with van der Waals surface area (Å²) in [6.45, 7) is -0.605. The van der Waals surface area contributed by atoms with Crippen LogP contribution in [0, 0.1) is 0 Å². The van der Waals surface area contributed by atoms with Crippen molar-refractivity contribution in [1.29, 1.82) is 0 Å². The number of benzene rings is 1. The average Bonchev–Trinajstić information content (AvgIpc) is 2.67. The summed E-state index contributed by atoms with van der Waals surface area (Å²) in [5.41, 5.74) is -0.518. The Kier molecular flexibility index (Phi) is 5.53. The fourth-order valence-electron chi connectivity index (χ4n) is 2.87. The average molecular weight is 384 g/mol. The molecule has 1 aliphatic rings. The molecule has 4 N–H and O–H groups in total. The highest BCUT2D eigenvalue weighted by atomic mass is 16.7. The van der Waals surface area contributed by atoms with Crippen LogP contribution < -0.4 is 19.8 Å². The van der Waals surface area contributed by atoms with Crippen LogP contribution in [0.3, 0.4) is 0 Å². The Hall–Kier alpha value is -2.37. The molecular formula is C17H20O10. The Morgan fingerprint density at radius 1 is 1.04 bits per heavy atom. The molecule has 0 saturated carbocycles. The summed E-state index contributed by atoms with van der Waals surface area (Å²) >= 11 is 0. The molecule has 1 fully saturated rings. The highest BCUT2D eigenvalue weighted by molar-refractivity contribution is 5.88. The number of aliphatic hydroxyl groups excluding tert-OH is 4. The van der Waals surface area contributed by atoms with E-state index in [1.165, 1.54) is 32.4 Å². The van der Waals surface area contributed by atoms with Gasteiger partial charge in [-0.05, 0) is 12.1 Å². The number of fused-ring (bicyclic) bond motifs is 1. The third kappa shape index (κ3) is 3.45. The summed E-state index contributed by atoms with van der Waals surface area (Å²) < 4.78 is 26.7. The largest absolute Gasteiger partial charge is 0.493 e. The molecule has 3 rings (SSSR count). The molecule has 148 valence electrons. The van der Waals surface area contributed by atoms with Crippen molar-refractivity contribution in [2.75, 3.05) is 20.8 Å². The van der Waals surface area contributed by atoms with E-state index in [0.29, 0.717) is 5.39 Å². The van der Waals surface area contributed by atoms with Gasteiger partial charge >= 0.3 is 5.63 Å². The van der Waals surface area contributed by atoms with Crippen molar-refractivity contribution in [2.24, 2.45) is 0 Å². The van der Waals surface area contributed by atoms with Gasteiger partial charge in [-0.15, -0.1) is 0 Å². The van der Waals surface area contributed by atoms with E-state index < -0.39 is 42.9 Å². The fourth-order valence-corrected chi connectivity index (χ4v) is 2.87. The highest BCUT2D eigenvalue weighted by Crippen LogP contribution is 2.44. The van der Waals surface area contributed by atoms with Gasteiger partial charge in [0, 0.05) is 11.5 Å². The maximum Gasteiger partial charge on any atom is 0.336 e. The van der Waals surface area contributed by atoms with E-state index in [0.717, 1.165) is 0 Å². The molecular weight excluding hydrogens is 364 g/mol. The van der Waals surface area contributed by atoms with Gasteiger partial charge in [0.25, 0.3) is 0 Å². The summed E-state index contributed by atoms with van der Waals surface area (Å²) in [4.78, 5) is 11.6. The zero-order valence-electron chi connectivity index (χ0n) is 14.6. The molecule has 1 aliphatic heterocycles. The fraction of sp³-hybridized carbons (Fsp3) is 0.471. The molecule has 1 aromatic heterocycles. The lowest BCUT2D eigenvalue weighted by atomic mass is 9.99. The number of hydrogen-bond donors (Lipinski definition) is 4. The number of hydrogen-bond acceptors (Lipinski definition) is 10. The topological polar surface area (TPSA) is 148 Å². The number of aliphatic hydroxyl groups is 4. The first-order chi connectivity index (χ1) is 12.9. The molecule has 1 aromatic carbocycles. The van der Waals surface area contributed by atoms with Gasteiger partial charge in [-0.3, -0.25) is 0 Å². The minimum absolute atomic E-state index is 0.0130. The lowest BCUT2D eigenvalue weighted by molar-refractivity contribution is -0.277. The molecule has 1 saturated heterocycles. The molecule has 10 heteroatoms. The van der Waals surface area contributed by atoms with Gasteiger partial charge in [0.2, 0.25) is 17.8 Å². The predicted octanol–water partition coefficient (Wildman–Crippen LogP) is -1.01. The number of methoxy groups -OCH3 is 2. The van der Waals surface area contributed by atoms with Crippen molar-refractivity contribution < 1.29 is 43.8 Å². The van der Waals surface area contributed by atoms with E-state index in [1.807, 2.05) is 0 Å². The van der Waals surface area contributed by atoms with E-state index in [4.69, 9.17) is 23.4 Å². The maximum absolute atomic E-state index is 11.6. The molecule has 0 bridgehead atoms. The molecule has 0 spiro atoms. The second kappa shape index (κ2) is 7.71. The lowest BCUT2D eigenvalue weighted by Crippen LogP contribution is -2.60. The summed E-state index contributed by atoms with van der Waals surface area (Å²) in [6, 6.07) is 4.28. The number of rotatable bonds is 5. The summed E-state index contributed by atoms with van der Waals surface area (Å²) in [7, 11) is 2.70. The van der Waals surface area contributed by atoms with E-state index in [2.05, 4.69) is 0 Å². The van der Waals surface area contributed by atoms with Crippen LogP contribution in [0.1, 0.15) is 0 Å². The number of ether oxygens (including phenoxy) is 4. The highest BCUT2D eigenvalue weighted by Gasteiger charge is 2.45. The quantitative estimate of drug-likeness (QED) is 0.473. The predicted molar refractivity (Wildman–Crippen MR) is 90.0 cm³/mol. The Bertz CT molecular complexity index is 861. The molecule has 27 heavy (non-hydrogen) atoms. The van der Waals surface area contributed by atoms with Crippen LogP contribution in [0.4, 0.5) is 0 Å². The summed E-state index contributed by atoms with van der Waals surface area (Å²) in [6.07, 6.45) is -7.38. The lowest BCUT2D eigenvalue weighted by Gasteiger charge is -2.39. The second-order valence-electron chi connectivity index (χ2n) is 5.93. The Morgan fingerprint density at radius 2 is 1.78 bits per heavy atom. The van der Waals surface area contributed by atoms with Crippen LogP contribution in [0.15, 0.2) is 27.4 Å². The van der Waals surface area contributed by atoms with Crippen molar-refractivity contribution in [3.05, 3.63) is 28.6 Å². The van der Waals surface area contributed by atoms with Gasteiger partial charge in [-0.2, -0.15) is 0 Å². The first kappa shape index (κ1) is 19.4. The molecule has 5 atom stereocenters. The zero-order valence-corrected chi connectivity index (χ0v) is 14.6. The van der Waals surface area contributed by atoms with E-state index in [1.54, 1.807) is 0 Å². The van der Waals surface area contributed by atoms with E-state index in [-0.39, 0.29) is 22.8 Å². The van der Waals surface area contributed by atoms with Crippen LogP contribution >= 0.6 is 0 Å². The molecule has 10 nitrogen and oxygen atoms in total. The van der Waals surface area contributed by atoms with Crippen molar-refractivity contribution in [3.63, 3.8) is 0 Å². The van der Waals surface area contributed by atoms with Gasteiger partial charge in [0.05, 0.1) is 20.8 Å². The first-order valence-electron chi connectivity index (χ1n) is 8.07. The van der Waals surface area contributed by atoms with Crippen LogP contribution in [-0.4, -0.2) is 72.0 Å². The van der Waals surface area contributed by atoms with Crippen molar-refractivity contribution >= 4 is 11.0 Å². The van der Waals surface area contributed by atoms with Gasteiger partial charge in [-0.25, -0.2) is 4.79 Å². The molecule has 0 amide bonds. The summed E-state index contributed by atoms with van der Waals surface area (Å²) in [5.74, 6) is 0.148. The Labute approximate surface area is 153 Å². The van der Waals surface area contributed by atoms with Crippen molar-refractivity contribution in [3.8, 4) is 17.2 Å². The zero-order chi connectivity index (χ0) is 19.7. The minimum Gasteiger partial charge on any atom is -0.493 e. The normalized spacial score (nSPS) is 28.1. The second-order valence-corrected chi connectivity index (χ2v) is 5.93. The van der Waals surface area contributed by atoms with Gasteiger partial charge in [0.15, 0.2) is 11.3 Å². The van der Waals surface area contributed by atoms with E-state index in [9.17, 15) is 25.2 Å². The van der Waals surface area contributed by atoms with Crippen LogP contribution in [0.25, 0.3) is 11.0 Å². The van der Waals surface area contributed by atoms with Crippen LogP contribution in [-0.2, 0) is 4.74 Å². The maximum atomic E-state index is 11.6. The third-order valence-corrected chi connectivity index (χ3v) is 4.29. The van der Waals surface area contributed by atoms with Gasteiger partial charge in [-0.1, -0.05) is 0 Å². The van der Waals surface area contributed by atoms with Crippen molar-refractivity contribution in [1.82, 2.24) is 0 Å². The van der Waals surface area contributed by atoms with Gasteiger partial charge in [0.1, 0.15) is 24.4 Å². The van der Waals surface area contributed by atoms with Crippen LogP contribution in [0.5, 0.6) is 17.2 Å². The molecule has 0 radical (unpaired) electrons. The smallest absolute Gasteiger partial charge is 0.336 e. The monoisotopic (exact) mass is 384 g/mol. The molecule has 0 aliphatic carbocycles. The molecule has 2 heterocycles. The van der Waals surface area contributed by atoms with Crippen LogP contribution in [0.2, 0.25) is 0 Å². The van der Waals surface area contributed by atoms with E-state index >= 15 is 0 Å². The molecule has 2 aromatic rings. The minimum atomic E-state index is -1.63.